The van der Waals surface area contributed by atoms with Gasteiger partial charge in [0, 0.05) is 25.1 Å². The van der Waals surface area contributed by atoms with E-state index in [-0.39, 0.29) is 5.91 Å². The minimum atomic E-state index is 0.0294. The highest BCUT2D eigenvalue weighted by atomic mass is 16.1. The fraction of sp³-hybridized carbons (Fsp3) is 0.250. The zero-order valence-corrected chi connectivity index (χ0v) is 9.55. The Kier molecular flexibility index (Phi) is 2.25. The summed E-state index contributed by atoms with van der Waals surface area (Å²) in [4.78, 5) is 11.5. The minimum Gasteiger partial charge on any atom is -0.287 e. The van der Waals surface area contributed by atoms with E-state index in [1.54, 1.807) is 11.5 Å². The lowest BCUT2D eigenvalue weighted by molar-refractivity contribution is 0.0941. The van der Waals surface area contributed by atoms with Crippen molar-refractivity contribution in [3.05, 3.63) is 36.0 Å². The van der Waals surface area contributed by atoms with Crippen molar-refractivity contribution < 1.29 is 4.79 Å². The smallest absolute Gasteiger partial charge is 0.227 e. The molecule has 5 heteroatoms. The van der Waals surface area contributed by atoms with E-state index in [1.165, 1.54) is 5.56 Å². The highest BCUT2D eigenvalue weighted by Gasteiger charge is 2.34. The average Bonchev–Trinajstić information content (AvgIpc) is 2.99. The monoisotopic (exact) mass is 230 g/mol. The average molecular weight is 230 g/mol. The van der Waals surface area contributed by atoms with Gasteiger partial charge in [0.25, 0.3) is 0 Å². The second kappa shape index (κ2) is 3.66. The quantitative estimate of drug-likeness (QED) is 0.459. The Hall–Kier alpha value is -1.69. The molecule has 2 aromatic rings. The van der Waals surface area contributed by atoms with Crippen LogP contribution in [0.5, 0.6) is 0 Å². The van der Waals surface area contributed by atoms with Crippen molar-refractivity contribution in [2.45, 2.75) is 13.0 Å². The van der Waals surface area contributed by atoms with Gasteiger partial charge in [0.15, 0.2) is 0 Å². The summed E-state index contributed by atoms with van der Waals surface area (Å²) < 4.78 is 1.67. The number of hydrazine groups is 2. The fourth-order valence-corrected chi connectivity index (χ4v) is 2.19. The summed E-state index contributed by atoms with van der Waals surface area (Å²) in [6.45, 7) is 2.47. The number of rotatable bonds is 2. The molecule has 0 amide bonds. The lowest BCUT2D eigenvalue weighted by Crippen LogP contribution is -2.28. The van der Waals surface area contributed by atoms with Crippen molar-refractivity contribution in [2.75, 3.05) is 6.54 Å². The molecule has 1 fully saturated rings. The van der Waals surface area contributed by atoms with E-state index in [0.29, 0.717) is 6.04 Å². The molecule has 1 aromatic heterocycles. The van der Waals surface area contributed by atoms with Gasteiger partial charge in [-0.2, -0.15) is 5.53 Å². The Balaban J connectivity index is 2.05. The third-order valence-electron chi connectivity index (χ3n) is 3.22. The molecular weight excluding hydrogens is 216 g/mol. The summed E-state index contributed by atoms with van der Waals surface area (Å²) in [5, 5.41) is 3.01. The third-order valence-corrected chi connectivity index (χ3v) is 3.22. The zero-order chi connectivity index (χ0) is 12.0. The first-order valence-corrected chi connectivity index (χ1v) is 5.55. The normalized spacial score (nSPS) is 22.9. The maximum atomic E-state index is 11.5. The molecule has 1 aromatic carbocycles. The van der Waals surface area contributed by atoms with E-state index in [9.17, 15) is 4.79 Å². The number of carbonyl (C=O) groups is 1. The molecule has 1 aliphatic rings. The van der Waals surface area contributed by atoms with E-state index in [4.69, 9.17) is 5.84 Å². The van der Waals surface area contributed by atoms with E-state index in [1.807, 2.05) is 23.3 Å². The Morgan fingerprint density at radius 2 is 2.29 bits per heavy atom. The summed E-state index contributed by atoms with van der Waals surface area (Å²) in [7, 11) is 0. The van der Waals surface area contributed by atoms with Crippen LogP contribution in [0.3, 0.4) is 0 Å². The summed E-state index contributed by atoms with van der Waals surface area (Å²) in [5.74, 6) is 5.38. The number of carbonyl (C=O) groups excluding carboxylic acids is 1. The van der Waals surface area contributed by atoms with Crippen LogP contribution in [0.4, 0.5) is 0 Å². The number of hydrogen-bond donors (Lipinski definition) is 2. The van der Waals surface area contributed by atoms with Gasteiger partial charge in [0.05, 0.1) is 11.6 Å². The molecule has 0 bridgehead atoms. The highest BCUT2D eigenvalue weighted by molar-refractivity contribution is 5.91. The summed E-state index contributed by atoms with van der Waals surface area (Å²) >= 11 is 0. The first-order chi connectivity index (χ1) is 8.20. The molecule has 0 radical (unpaired) electrons. The predicted molar refractivity (Wildman–Crippen MR) is 65.0 cm³/mol. The van der Waals surface area contributed by atoms with Crippen LogP contribution in [0.1, 0.15) is 23.3 Å². The maximum Gasteiger partial charge on any atom is 0.227 e. The van der Waals surface area contributed by atoms with Crippen molar-refractivity contribution in [3.8, 4) is 0 Å². The SMILES string of the molecule is CC(=O)n1ccc2ccc(C3CN3NN)cc21. The fourth-order valence-electron chi connectivity index (χ4n) is 2.19. The predicted octanol–water partition coefficient (Wildman–Crippen LogP) is 1.04. The van der Waals surface area contributed by atoms with Crippen LogP contribution in [0.15, 0.2) is 30.5 Å². The third kappa shape index (κ3) is 1.64. The minimum absolute atomic E-state index is 0.0294. The highest BCUT2D eigenvalue weighted by Crippen LogP contribution is 2.33. The molecule has 17 heavy (non-hydrogen) atoms. The Morgan fingerprint density at radius 1 is 1.47 bits per heavy atom. The molecule has 3 rings (SSSR count). The van der Waals surface area contributed by atoms with Gasteiger partial charge < -0.3 is 0 Å². The number of nitrogens with two attached hydrogens (primary N) is 1. The molecule has 5 nitrogen and oxygen atoms in total. The van der Waals surface area contributed by atoms with E-state index in [2.05, 4.69) is 17.7 Å². The molecule has 0 spiro atoms. The van der Waals surface area contributed by atoms with E-state index < -0.39 is 0 Å². The van der Waals surface area contributed by atoms with E-state index >= 15 is 0 Å². The largest absolute Gasteiger partial charge is 0.287 e. The topological polar surface area (TPSA) is 63.1 Å². The summed E-state index contributed by atoms with van der Waals surface area (Å²) in [6.07, 6.45) is 1.81. The molecule has 1 saturated heterocycles. The lowest BCUT2D eigenvalue weighted by Gasteiger charge is -2.04. The van der Waals surface area contributed by atoms with Crippen LogP contribution >= 0.6 is 0 Å². The molecule has 0 saturated carbocycles. The second-order valence-corrected chi connectivity index (χ2v) is 4.32. The molecular formula is C12H14N4O. The standard InChI is InChI=1S/C12H14N4O/c1-8(17)15-5-4-9-2-3-10(6-11(9)15)12-7-16(12)14-13/h2-6,12,14H,7,13H2,1H3. The number of nitrogens with one attached hydrogen (secondary N) is 1. The van der Waals surface area contributed by atoms with Crippen molar-refractivity contribution in [3.63, 3.8) is 0 Å². The first-order valence-electron chi connectivity index (χ1n) is 5.55. The Morgan fingerprint density at radius 3 is 2.94 bits per heavy atom. The number of aromatic nitrogens is 1. The lowest BCUT2D eigenvalue weighted by atomic mass is 10.1. The Bertz CT molecular complexity index is 589. The van der Waals surface area contributed by atoms with Gasteiger partial charge in [-0.15, -0.1) is 0 Å². The van der Waals surface area contributed by atoms with Gasteiger partial charge in [0.1, 0.15) is 0 Å². The Labute approximate surface area is 98.7 Å². The van der Waals surface area contributed by atoms with Crippen LogP contribution in [-0.2, 0) is 0 Å². The van der Waals surface area contributed by atoms with Crippen LogP contribution in [0.25, 0.3) is 10.9 Å². The molecule has 2 heterocycles. The summed E-state index contributed by atoms with van der Waals surface area (Å²) in [5.41, 5.74) is 4.76. The van der Waals surface area contributed by atoms with Gasteiger partial charge in [-0.25, -0.2) is 5.01 Å². The number of nitrogens with zero attached hydrogens (tertiary/aromatic N) is 2. The van der Waals surface area contributed by atoms with Crippen LogP contribution < -0.4 is 11.4 Å². The molecule has 2 atom stereocenters. The van der Waals surface area contributed by atoms with Crippen LogP contribution in [0, 0.1) is 0 Å². The summed E-state index contributed by atoms with van der Waals surface area (Å²) in [6, 6.07) is 8.44. The van der Waals surface area contributed by atoms with E-state index in [0.717, 1.165) is 17.4 Å². The molecule has 88 valence electrons. The van der Waals surface area contributed by atoms with Gasteiger partial charge >= 0.3 is 0 Å². The van der Waals surface area contributed by atoms with Crippen molar-refractivity contribution in [1.29, 1.82) is 0 Å². The van der Waals surface area contributed by atoms with Gasteiger partial charge in [-0.3, -0.25) is 15.2 Å². The van der Waals surface area contributed by atoms with Gasteiger partial charge in [0.2, 0.25) is 5.91 Å². The maximum absolute atomic E-state index is 11.5. The van der Waals surface area contributed by atoms with Gasteiger partial charge in [-0.05, 0) is 17.7 Å². The molecule has 2 unspecified atom stereocenters. The van der Waals surface area contributed by atoms with Crippen LogP contribution in [0.2, 0.25) is 0 Å². The molecule has 0 aliphatic carbocycles. The van der Waals surface area contributed by atoms with Crippen molar-refractivity contribution >= 4 is 16.8 Å². The number of fused-ring (bicyclic) bond motifs is 1. The zero-order valence-electron chi connectivity index (χ0n) is 9.55. The van der Waals surface area contributed by atoms with Crippen LogP contribution in [-0.4, -0.2) is 22.0 Å². The van der Waals surface area contributed by atoms with Gasteiger partial charge in [-0.1, -0.05) is 12.1 Å². The van der Waals surface area contributed by atoms with Crippen molar-refractivity contribution in [2.24, 2.45) is 5.84 Å². The second-order valence-electron chi connectivity index (χ2n) is 4.32. The van der Waals surface area contributed by atoms with Crippen molar-refractivity contribution in [1.82, 2.24) is 15.1 Å². The molecule has 3 N–H and O–H groups in total. The number of hydrogen-bond acceptors (Lipinski definition) is 4. The first kappa shape index (κ1) is 10.5. The number of benzene rings is 1. The molecule has 1 aliphatic heterocycles.